The van der Waals surface area contributed by atoms with Gasteiger partial charge in [-0.2, -0.15) is 0 Å². The molecular weight excluding hydrogens is 534 g/mol. The first-order valence-electron chi connectivity index (χ1n) is 10.6. The lowest BCUT2D eigenvalue weighted by Crippen LogP contribution is -2.34. The molecule has 0 spiro atoms. The van der Waals surface area contributed by atoms with Crippen LogP contribution in [0.2, 0.25) is 0 Å². The molecule has 0 aliphatic carbocycles. The van der Waals surface area contributed by atoms with Gasteiger partial charge in [0, 0.05) is 24.0 Å². The Balaban J connectivity index is 1.50. The van der Waals surface area contributed by atoms with E-state index in [1.807, 2.05) is 18.2 Å². The maximum atomic E-state index is 12.6. The SMILES string of the molecule is COCCOc1ccc(C(=O)NC(=S)Nc2cccc(NC(=O)COc3ccccc3)c2)cc1Br. The summed E-state index contributed by atoms with van der Waals surface area (Å²) in [5, 5.41) is 8.45. The van der Waals surface area contributed by atoms with Crippen molar-refractivity contribution in [3.05, 3.63) is 82.8 Å². The molecule has 0 bridgehead atoms. The van der Waals surface area contributed by atoms with Gasteiger partial charge >= 0.3 is 0 Å². The van der Waals surface area contributed by atoms with E-state index in [1.165, 1.54) is 0 Å². The number of methoxy groups -OCH3 is 1. The van der Waals surface area contributed by atoms with Crippen molar-refractivity contribution in [1.29, 1.82) is 0 Å². The average molecular weight is 558 g/mol. The molecule has 3 rings (SSSR count). The van der Waals surface area contributed by atoms with Crippen molar-refractivity contribution in [2.45, 2.75) is 0 Å². The Morgan fingerprint density at radius 1 is 0.886 bits per heavy atom. The zero-order chi connectivity index (χ0) is 25.0. The molecule has 0 atom stereocenters. The normalized spacial score (nSPS) is 10.2. The van der Waals surface area contributed by atoms with Gasteiger partial charge in [-0.25, -0.2) is 0 Å². The quantitative estimate of drug-likeness (QED) is 0.247. The number of halogens is 1. The first-order valence-corrected chi connectivity index (χ1v) is 11.8. The molecule has 0 saturated carbocycles. The van der Waals surface area contributed by atoms with Crippen molar-refractivity contribution in [3.8, 4) is 11.5 Å². The Kier molecular flexibility index (Phi) is 10.0. The van der Waals surface area contributed by atoms with Gasteiger partial charge in [0.2, 0.25) is 0 Å². The number of thiocarbonyl (C=S) groups is 1. The molecule has 3 N–H and O–H groups in total. The van der Waals surface area contributed by atoms with Crippen LogP contribution in [0.3, 0.4) is 0 Å². The zero-order valence-corrected chi connectivity index (χ0v) is 21.3. The molecule has 0 radical (unpaired) electrons. The van der Waals surface area contributed by atoms with Crippen molar-refractivity contribution in [2.75, 3.05) is 37.6 Å². The minimum absolute atomic E-state index is 0.113. The van der Waals surface area contributed by atoms with Crippen LogP contribution in [0.5, 0.6) is 11.5 Å². The smallest absolute Gasteiger partial charge is 0.262 e. The van der Waals surface area contributed by atoms with Gasteiger partial charge in [-0.05, 0) is 76.7 Å². The Morgan fingerprint density at radius 3 is 2.34 bits per heavy atom. The summed E-state index contributed by atoms with van der Waals surface area (Å²) in [6, 6.07) is 21.0. The first kappa shape index (κ1) is 26.1. The van der Waals surface area contributed by atoms with Crippen molar-refractivity contribution in [2.24, 2.45) is 0 Å². The molecule has 0 heterocycles. The number of benzene rings is 3. The largest absolute Gasteiger partial charge is 0.490 e. The molecule has 3 aromatic rings. The Labute approximate surface area is 217 Å². The Morgan fingerprint density at radius 2 is 1.63 bits per heavy atom. The molecule has 0 saturated heterocycles. The second-order valence-electron chi connectivity index (χ2n) is 7.13. The molecular formula is C25H24BrN3O5S. The van der Waals surface area contributed by atoms with E-state index < -0.39 is 0 Å². The van der Waals surface area contributed by atoms with E-state index in [4.69, 9.17) is 26.4 Å². The van der Waals surface area contributed by atoms with E-state index in [0.717, 1.165) is 0 Å². The fraction of sp³-hybridized carbons (Fsp3) is 0.160. The molecule has 0 aromatic heterocycles. The van der Waals surface area contributed by atoms with Crippen molar-refractivity contribution >= 4 is 56.4 Å². The van der Waals surface area contributed by atoms with Crippen LogP contribution in [0.25, 0.3) is 0 Å². The summed E-state index contributed by atoms with van der Waals surface area (Å²) in [4.78, 5) is 24.8. The van der Waals surface area contributed by atoms with Crippen molar-refractivity contribution in [1.82, 2.24) is 5.32 Å². The van der Waals surface area contributed by atoms with Crippen LogP contribution < -0.4 is 25.4 Å². The number of carbonyl (C=O) groups is 2. The maximum Gasteiger partial charge on any atom is 0.262 e. The standard InChI is InChI=1S/C25H24BrN3O5S/c1-32-12-13-33-22-11-10-17(14-21(22)26)24(31)29-25(35)28-19-7-5-6-18(15-19)27-23(30)16-34-20-8-3-2-4-9-20/h2-11,14-15H,12-13,16H2,1H3,(H,27,30)(H2,28,29,31,35). The fourth-order valence-electron chi connectivity index (χ4n) is 2.87. The third-order valence-electron chi connectivity index (χ3n) is 4.48. The predicted molar refractivity (Wildman–Crippen MR) is 142 cm³/mol. The lowest BCUT2D eigenvalue weighted by Gasteiger charge is -2.13. The van der Waals surface area contributed by atoms with E-state index in [0.29, 0.717) is 46.1 Å². The summed E-state index contributed by atoms with van der Waals surface area (Å²) >= 11 is 8.67. The van der Waals surface area contributed by atoms with E-state index in [9.17, 15) is 9.59 Å². The van der Waals surface area contributed by atoms with Gasteiger partial charge in [0.15, 0.2) is 11.7 Å². The highest BCUT2D eigenvalue weighted by Gasteiger charge is 2.12. The number of hydrogen-bond donors (Lipinski definition) is 3. The molecule has 0 aliphatic rings. The van der Waals surface area contributed by atoms with Gasteiger partial charge < -0.3 is 24.8 Å². The van der Waals surface area contributed by atoms with Gasteiger partial charge in [0.25, 0.3) is 11.8 Å². The Hall–Kier alpha value is -3.47. The molecule has 35 heavy (non-hydrogen) atoms. The van der Waals surface area contributed by atoms with E-state index in [2.05, 4.69) is 31.9 Å². The average Bonchev–Trinajstić information content (AvgIpc) is 2.84. The van der Waals surface area contributed by atoms with Crippen molar-refractivity contribution < 1.29 is 23.8 Å². The molecule has 3 aromatic carbocycles. The molecule has 182 valence electrons. The van der Waals surface area contributed by atoms with Gasteiger partial charge in [-0.1, -0.05) is 24.3 Å². The topological polar surface area (TPSA) is 97.9 Å². The fourth-order valence-corrected chi connectivity index (χ4v) is 3.57. The van der Waals surface area contributed by atoms with E-state index in [1.54, 1.807) is 61.7 Å². The maximum absolute atomic E-state index is 12.6. The second-order valence-corrected chi connectivity index (χ2v) is 8.39. The number of amides is 2. The van der Waals surface area contributed by atoms with Crippen LogP contribution in [0.15, 0.2) is 77.3 Å². The highest BCUT2D eigenvalue weighted by atomic mass is 79.9. The number of nitrogens with one attached hydrogen (secondary N) is 3. The summed E-state index contributed by atoms with van der Waals surface area (Å²) in [6.07, 6.45) is 0. The van der Waals surface area contributed by atoms with Crippen LogP contribution >= 0.6 is 28.1 Å². The zero-order valence-electron chi connectivity index (χ0n) is 18.9. The number of ether oxygens (including phenoxy) is 3. The second kappa shape index (κ2) is 13.4. The summed E-state index contributed by atoms with van der Waals surface area (Å²) in [6.45, 7) is 0.733. The van der Waals surface area contributed by atoms with Crippen LogP contribution in [0.1, 0.15) is 10.4 Å². The molecule has 10 heteroatoms. The summed E-state index contributed by atoms with van der Waals surface area (Å²) in [5.41, 5.74) is 1.55. The highest BCUT2D eigenvalue weighted by Crippen LogP contribution is 2.26. The molecule has 0 unspecified atom stereocenters. The predicted octanol–water partition coefficient (Wildman–Crippen LogP) is 4.62. The van der Waals surface area contributed by atoms with Gasteiger partial charge in [-0.3, -0.25) is 14.9 Å². The van der Waals surface area contributed by atoms with Crippen LogP contribution in [0, 0.1) is 0 Å². The number of para-hydroxylation sites is 1. The van der Waals surface area contributed by atoms with Crippen LogP contribution in [-0.2, 0) is 9.53 Å². The molecule has 2 amide bonds. The minimum atomic E-state index is -0.380. The number of anilines is 2. The van der Waals surface area contributed by atoms with Gasteiger partial charge in [-0.15, -0.1) is 0 Å². The number of rotatable bonds is 10. The lowest BCUT2D eigenvalue weighted by atomic mass is 10.2. The summed E-state index contributed by atoms with van der Waals surface area (Å²) < 4.78 is 16.6. The highest BCUT2D eigenvalue weighted by molar-refractivity contribution is 9.10. The third-order valence-corrected chi connectivity index (χ3v) is 5.31. The lowest BCUT2D eigenvalue weighted by molar-refractivity contribution is -0.118. The molecule has 8 nitrogen and oxygen atoms in total. The van der Waals surface area contributed by atoms with E-state index in [-0.39, 0.29) is 23.5 Å². The van der Waals surface area contributed by atoms with Gasteiger partial charge in [0.1, 0.15) is 18.1 Å². The monoisotopic (exact) mass is 557 g/mol. The van der Waals surface area contributed by atoms with Crippen LogP contribution in [0.4, 0.5) is 11.4 Å². The first-order chi connectivity index (χ1) is 16.9. The van der Waals surface area contributed by atoms with E-state index >= 15 is 0 Å². The number of hydrogen-bond acceptors (Lipinski definition) is 6. The minimum Gasteiger partial charge on any atom is -0.490 e. The van der Waals surface area contributed by atoms with Crippen molar-refractivity contribution in [3.63, 3.8) is 0 Å². The number of carbonyl (C=O) groups excluding carboxylic acids is 2. The molecule has 0 fully saturated rings. The Bertz CT molecular complexity index is 1180. The van der Waals surface area contributed by atoms with Crippen LogP contribution in [-0.4, -0.2) is 43.9 Å². The summed E-state index contributed by atoms with van der Waals surface area (Å²) in [7, 11) is 1.59. The third kappa shape index (κ3) is 8.67. The van der Waals surface area contributed by atoms with Gasteiger partial charge in [0.05, 0.1) is 11.1 Å². The molecule has 0 aliphatic heterocycles. The summed E-state index contributed by atoms with van der Waals surface area (Å²) in [5.74, 6) is 0.531.